The molecule has 3 aromatic rings. The lowest BCUT2D eigenvalue weighted by Crippen LogP contribution is -2.05. The second-order valence-corrected chi connectivity index (χ2v) is 6.22. The van der Waals surface area contributed by atoms with Gasteiger partial charge in [-0.3, -0.25) is 0 Å². The van der Waals surface area contributed by atoms with Gasteiger partial charge in [-0.25, -0.2) is 0 Å². The molecule has 0 atom stereocenters. The van der Waals surface area contributed by atoms with Crippen LogP contribution in [-0.4, -0.2) is 17.4 Å². The first-order valence-corrected chi connectivity index (χ1v) is 8.26. The molecule has 3 rings (SSSR count). The fourth-order valence-electron chi connectivity index (χ4n) is 2.61. The van der Waals surface area contributed by atoms with Crippen LogP contribution in [0, 0.1) is 0 Å². The number of hydrogen-bond donors (Lipinski definition) is 1. The molecule has 0 radical (unpaired) electrons. The molecule has 2 aromatic carbocycles. The van der Waals surface area contributed by atoms with E-state index in [1.165, 1.54) is 21.4 Å². The average molecular weight is 296 g/mol. The molecule has 0 aliphatic heterocycles. The molecule has 0 fully saturated rings. The normalized spacial score (nSPS) is 11.1. The van der Waals surface area contributed by atoms with Crippen molar-refractivity contribution in [3.8, 4) is 0 Å². The minimum absolute atomic E-state index is 0.917. The molecular weight excluding hydrogens is 276 g/mol. The Kier molecular flexibility index (Phi) is 4.63. The lowest BCUT2D eigenvalue weighted by molar-refractivity contribution is 0.805. The third-order valence-corrected chi connectivity index (χ3v) is 4.61. The molecule has 3 heteroatoms. The quantitative estimate of drug-likeness (QED) is 0.688. The van der Waals surface area contributed by atoms with Crippen LogP contribution in [0.25, 0.3) is 10.9 Å². The van der Waals surface area contributed by atoms with Crippen LogP contribution in [0.3, 0.4) is 0 Å². The first-order valence-electron chi connectivity index (χ1n) is 7.27. The van der Waals surface area contributed by atoms with Crippen LogP contribution in [0.15, 0.2) is 65.7 Å². The van der Waals surface area contributed by atoms with Gasteiger partial charge in [0.05, 0.1) is 0 Å². The zero-order chi connectivity index (χ0) is 14.5. The van der Waals surface area contributed by atoms with Crippen LogP contribution in [0.4, 0.5) is 0 Å². The summed E-state index contributed by atoms with van der Waals surface area (Å²) in [5.41, 5.74) is 2.70. The molecule has 2 nitrogen and oxygen atoms in total. The SMILES string of the molecule is CNCc1cccc2c1ccn2CCSc1ccccc1. The maximum absolute atomic E-state index is 3.24. The van der Waals surface area contributed by atoms with E-state index < -0.39 is 0 Å². The average Bonchev–Trinajstić information content (AvgIpc) is 2.93. The van der Waals surface area contributed by atoms with Crippen molar-refractivity contribution in [1.29, 1.82) is 0 Å². The molecule has 0 aliphatic carbocycles. The Bertz CT molecular complexity index is 704. The summed E-state index contributed by atoms with van der Waals surface area (Å²) in [6, 6.07) is 19.4. The minimum Gasteiger partial charge on any atom is -0.347 e. The number of aryl methyl sites for hydroxylation is 1. The monoisotopic (exact) mass is 296 g/mol. The number of benzene rings is 2. The molecule has 21 heavy (non-hydrogen) atoms. The van der Waals surface area contributed by atoms with E-state index in [1.54, 1.807) is 0 Å². The number of fused-ring (bicyclic) bond motifs is 1. The highest BCUT2D eigenvalue weighted by Gasteiger charge is 2.05. The van der Waals surface area contributed by atoms with Gasteiger partial charge in [-0.2, -0.15) is 0 Å². The number of aromatic nitrogens is 1. The van der Waals surface area contributed by atoms with Crippen molar-refractivity contribution in [3.05, 3.63) is 66.4 Å². The highest BCUT2D eigenvalue weighted by Crippen LogP contribution is 2.22. The molecule has 0 spiro atoms. The number of thioether (sulfide) groups is 1. The summed E-state index contributed by atoms with van der Waals surface area (Å²) in [4.78, 5) is 1.34. The maximum atomic E-state index is 3.24. The van der Waals surface area contributed by atoms with Gasteiger partial charge in [-0.05, 0) is 36.9 Å². The van der Waals surface area contributed by atoms with E-state index in [2.05, 4.69) is 70.7 Å². The van der Waals surface area contributed by atoms with Gasteiger partial charge in [-0.15, -0.1) is 11.8 Å². The Morgan fingerprint density at radius 1 is 1.00 bits per heavy atom. The van der Waals surface area contributed by atoms with E-state index >= 15 is 0 Å². The lowest BCUT2D eigenvalue weighted by Gasteiger charge is -2.07. The molecular formula is C18H20N2S. The predicted molar refractivity (Wildman–Crippen MR) is 91.9 cm³/mol. The molecule has 1 aromatic heterocycles. The van der Waals surface area contributed by atoms with Crippen molar-refractivity contribution in [2.75, 3.05) is 12.8 Å². The summed E-state index contributed by atoms with van der Waals surface area (Å²) < 4.78 is 2.35. The summed E-state index contributed by atoms with van der Waals surface area (Å²) in [6.07, 6.45) is 2.20. The molecule has 0 saturated heterocycles. The van der Waals surface area contributed by atoms with Gasteiger partial charge in [0.25, 0.3) is 0 Å². The van der Waals surface area contributed by atoms with E-state index in [1.807, 2.05) is 18.8 Å². The van der Waals surface area contributed by atoms with Crippen LogP contribution in [0.1, 0.15) is 5.56 Å². The zero-order valence-corrected chi connectivity index (χ0v) is 13.1. The first kappa shape index (κ1) is 14.2. The standard InChI is InChI=1S/C18H20N2S/c1-19-14-15-6-5-9-18-17(15)10-11-20(18)12-13-21-16-7-3-2-4-8-16/h2-11,19H,12-14H2,1H3. The molecule has 0 aliphatic rings. The highest BCUT2D eigenvalue weighted by molar-refractivity contribution is 7.99. The van der Waals surface area contributed by atoms with E-state index in [9.17, 15) is 0 Å². The molecule has 108 valence electrons. The molecule has 0 saturated carbocycles. The van der Waals surface area contributed by atoms with E-state index in [-0.39, 0.29) is 0 Å². The maximum Gasteiger partial charge on any atom is 0.0483 e. The number of nitrogens with one attached hydrogen (secondary N) is 1. The molecule has 1 N–H and O–H groups in total. The van der Waals surface area contributed by atoms with Crippen molar-refractivity contribution in [1.82, 2.24) is 9.88 Å². The third-order valence-electron chi connectivity index (χ3n) is 3.62. The second-order valence-electron chi connectivity index (χ2n) is 5.05. The van der Waals surface area contributed by atoms with Crippen molar-refractivity contribution < 1.29 is 0 Å². The predicted octanol–water partition coefficient (Wildman–Crippen LogP) is 4.15. The molecule has 1 heterocycles. The first-order chi connectivity index (χ1) is 10.4. The van der Waals surface area contributed by atoms with Gasteiger partial charge in [0.2, 0.25) is 0 Å². The topological polar surface area (TPSA) is 17.0 Å². The Balaban J connectivity index is 1.71. The third kappa shape index (κ3) is 3.31. The van der Waals surface area contributed by atoms with Crippen molar-refractivity contribution in [3.63, 3.8) is 0 Å². The van der Waals surface area contributed by atoms with Crippen molar-refractivity contribution in [2.24, 2.45) is 0 Å². The van der Waals surface area contributed by atoms with E-state index in [0.29, 0.717) is 0 Å². The zero-order valence-electron chi connectivity index (χ0n) is 12.3. The van der Waals surface area contributed by atoms with Gasteiger partial charge >= 0.3 is 0 Å². The van der Waals surface area contributed by atoms with Gasteiger partial charge < -0.3 is 9.88 Å². The highest BCUT2D eigenvalue weighted by atomic mass is 32.2. The molecule has 0 amide bonds. The summed E-state index contributed by atoms with van der Waals surface area (Å²) in [6.45, 7) is 1.95. The number of nitrogens with zero attached hydrogens (tertiary/aromatic N) is 1. The summed E-state index contributed by atoms with van der Waals surface area (Å²) in [7, 11) is 1.99. The molecule has 0 bridgehead atoms. The Morgan fingerprint density at radius 3 is 2.67 bits per heavy atom. The second kappa shape index (κ2) is 6.83. The Morgan fingerprint density at radius 2 is 1.86 bits per heavy atom. The van der Waals surface area contributed by atoms with Crippen molar-refractivity contribution >= 4 is 22.7 Å². The smallest absolute Gasteiger partial charge is 0.0483 e. The van der Waals surface area contributed by atoms with Gasteiger partial charge in [0.15, 0.2) is 0 Å². The Labute approximate surface area is 130 Å². The van der Waals surface area contributed by atoms with Crippen molar-refractivity contribution in [2.45, 2.75) is 18.0 Å². The fourth-order valence-corrected chi connectivity index (χ4v) is 3.48. The number of rotatable bonds is 6. The van der Waals surface area contributed by atoms with Gasteiger partial charge in [0.1, 0.15) is 0 Å². The fraction of sp³-hybridized carbons (Fsp3) is 0.222. The van der Waals surface area contributed by atoms with Crippen LogP contribution in [-0.2, 0) is 13.1 Å². The lowest BCUT2D eigenvalue weighted by atomic mass is 10.1. The largest absolute Gasteiger partial charge is 0.347 e. The van der Waals surface area contributed by atoms with Gasteiger partial charge in [0, 0.05) is 40.8 Å². The summed E-state index contributed by atoms with van der Waals surface area (Å²) in [5, 5.41) is 4.59. The van der Waals surface area contributed by atoms with Crippen LogP contribution >= 0.6 is 11.8 Å². The Hall–Kier alpha value is -1.71. The summed E-state index contributed by atoms with van der Waals surface area (Å²) >= 11 is 1.91. The van der Waals surface area contributed by atoms with Crippen LogP contribution < -0.4 is 5.32 Å². The van der Waals surface area contributed by atoms with Crippen LogP contribution in [0.2, 0.25) is 0 Å². The van der Waals surface area contributed by atoms with Gasteiger partial charge in [-0.1, -0.05) is 30.3 Å². The van der Waals surface area contributed by atoms with E-state index in [0.717, 1.165) is 18.8 Å². The van der Waals surface area contributed by atoms with Crippen LogP contribution in [0.5, 0.6) is 0 Å². The molecule has 0 unspecified atom stereocenters. The minimum atomic E-state index is 0.917. The summed E-state index contributed by atoms with van der Waals surface area (Å²) in [5.74, 6) is 1.09. The van der Waals surface area contributed by atoms with E-state index in [4.69, 9.17) is 0 Å². The number of hydrogen-bond acceptors (Lipinski definition) is 2.